The second-order valence-electron chi connectivity index (χ2n) is 2.09. The molecule has 62 valence electrons. The summed E-state index contributed by atoms with van der Waals surface area (Å²) in [6.07, 6.45) is 1.51. The quantitative estimate of drug-likeness (QED) is 0.471. The molecule has 0 amide bonds. The van der Waals surface area contributed by atoms with Crippen molar-refractivity contribution in [2.24, 2.45) is 0 Å². The van der Waals surface area contributed by atoms with Gasteiger partial charge in [0.15, 0.2) is 6.17 Å². The van der Waals surface area contributed by atoms with Crippen LogP contribution in [0, 0.1) is 11.8 Å². The molecule has 0 aromatic heterocycles. The van der Waals surface area contributed by atoms with E-state index in [1.165, 1.54) is 12.2 Å². The van der Waals surface area contributed by atoms with Crippen LogP contribution in [0.25, 0.3) is 0 Å². The lowest BCUT2D eigenvalue weighted by molar-refractivity contribution is 0.475. The second kappa shape index (κ2) is 4.10. The molecule has 0 radical (unpaired) electrons. The molecule has 1 aliphatic rings. The van der Waals surface area contributed by atoms with Crippen molar-refractivity contribution in [3.05, 3.63) is 22.8 Å². The van der Waals surface area contributed by atoms with Gasteiger partial charge in [-0.25, -0.2) is 4.39 Å². The van der Waals surface area contributed by atoms with E-state index in [2.05, 4.69) is 20.7 Å². The van der Waals surface area contributed by atoms with Crippen LogP contribution in [-0.4, -0.2) is 10.9 Å². The Bertz CT molecular complexity index is 333. The minimum Gasteiger partial charge on any atom is -0.227 e. The fourth-order valence-corrected chi connectivity index (χ4v) is 1.08. The lowest BCUT2D eigenvalue weighted by Crippen LogP contribution is -1.95. The molecule has 0 heterocycles. The molecular formula is C8H4Cl2FP. The van der Waals surface area contributed by atoms with Crippen LogP contribution in [0.4, 0.5) is 4.39 Å². The molecule has 0 N–H and O–H groups in total. The van der Waals surface area contributed by atoms with Crippen molar-refractivity contribution in [3.63, 3.8) is 0 Å². The smallest absolute Gasteiger partial charge is 0.196 e. The molecular weight excluding hydrogens is 217 g/mol. The van der Waals surface area contributed by atoms with E-state index < -0.39 is 6.17 Å². The first-order valence-corrected chi connectivity index (χ1v) is 4.33. The maximum absolute atomic E-state index is 12.8. The standard InChI is InChI=1S/C8H4Cl2FP/c9-6-4-5(8(10)12)2-1-3-7(6)11/h2,4,7,12H. The molecule has 0 saturated carbocycles. The van der Waals surface area contributed by atoms with Crippen LogP contribution in [-0.2, 0) is 0 Å². The summed E-state index contributed by atoms with van der Waals surface area (Å²) < 4.78 is 13.2. The average molecular weight is 221 g/mol. The van der Waals surface area contributed by atoms with E-state index in [1.54, 1.807) is 0 Å². The van der Waals surface area contributed by atoms with Crippen molar-refractivity contribution in [1.82, 2.24) is 0 Å². The number of allylic oxidation sites excluding steroid dienone is 4. The van der Waals surface area contributed by atoms with Crippen LogP contribution in [0.1, 0.15) is 0 Å². The highest BCUT2D eigenvalue weighted by molar-refractivity contribution is 7.30. The molecule has 0 aromatic rings. The highest BCUT2D eigenvalue weighted by atomic mass is 35.5. The van der Waals surface area contributed by atoms with Gasteiger partial charge in [0.1, 0.15) is 0 Å². The topological polar surface area (TPSA) is 0 Å². The summed E-state index contributed by atoms with van der Waals surface area (Å²) in [5.41, 5.74) is 0.575. The molecule has 1 aliphatic carbocycles. The summed E-state index contributed by atoms with van der Waals surface area (Å²) in [6, 6.07) is 0. The van der Waals surface area contributed by atoms with E-state index >= 15 is 0 Å². The van der Waals surface area contributed by atoms with E-state index in [0.717, 1.165) is 0 Å². The fourth-order valence-electron chi connectivity index (χ4n) is 0.652. The lowest BCUT2D eigenvalue weighted by atomic mass is 10.2. The van der Waals surface area contributed by atoms with Crippen LogP contribution >= 0.6 is 32.1 Å². The Kier molecular flexibility index (Phi) is 3.35. The van der Waals surface area contributed by atoms with Crippen LogP contribution < -0.4 is 0 Å². The van der Waals surface area contributed by atoms with Gasteiger partial charge in [-0.3, -0.25) is 0 Å². The Morgan fingerprint density at radius 1 is 1.67 bits per heavy atom. The molecule has 0 nitrogen and oxygen atoms in total. The Hall–Kier alpha value is -0.280. The Labute approximate surface area is 82.3 Å². The van der Waals surface area contributed by atoms with Gasteiger partial charge in [0.25, 0.3) is 0 Å². The molecule has 0 saturated heterocycles. The largest absolute Gasteiger partial charge is 0.227 e. The van der Waals surface area contributed by atoms with E-state index in [9.17, 15) is 4.39 Å². The summed E-state index contributed by atoms with van der Waals surface area (Å²) in [6.45, 7) is 0. The molecule has 1 unspecified atom stereocenters. The molecule has 0 aromatic carbocycles. The molecule has 0 fully saturated rings. The zero-order valence-electron chi connectivity index (χ0n) is 5.87. The van der Waals surface area contributed by atoms with Crippen LogP contribution in [0.2, 0.25) is 0 Å². The third-order valence-electron chi connectivity index (χ3n) is 1.23. The van der Waals surface area contributed by atoms with Gasteiger partial charge in [-0.15, -0.1) is 8.86 Å². The zero-order valence-corrected chi connectivity index (χ0v) is 8.38. The second-order valence-corrected chi connectivity index (χ2v) is 3.73. The summed E-state index contributed by atoms with van der Waals surface area (Å²) in [4.78, 5) is 0. The minimum absolute atomic E-state index is 0.0441. The van der Waals surface area contributed by atoms with E-state index in [1.807, 2.05) is 0 Å². The van der Waals surface area contributed by atoms with Gasteiger partial charge in [-0.05, 0) is 12.2 Å². The predicted octanol–water partition coefficient (Wildman–Crippen LogP) is 2.90. The number of hydrogen-bond donors (Lipinski definition) is 0. The summed E-state index contributed by atoms with van der Waals surface area (Å²) >= 11 is 11.2. The summed E-state index contributed by atoms with van der Waals surface area (Å²) in [7, 11) is 3.09. The highest BCUT2D eigenvalue weighted by Crippen LogP contribution is 2.18. The first-order valence-electron chi connectivity index (χ1n) is 3.08. The monoisotopic (exact) mass is 220 g/mol. The van der Waals surface area contributed by atoms with E-state index in [4.69, 9.17) is 23.2 Å². The van der Waals surface area contributed by atoms with Gasteiger partial charge in [-0.2, -0.15) is 0 Å². The van der Waals surface area contributed by atoms with Gasteiger partial charge < -0.3 is 0 Å². The number of alkyl halides is 1. The third-order valence-corrected chi connectivity index (χ3v) is 2.03. The summed E-state index contributed by atoms with van der Waals surface area (Å²) in [5.74, 6) is 4.79. The van der Waals surface area contributed by atoms with Crippen molar-refractivity contribution in [3.8, 4) is 11.8 Å². The van der Waals surface area contributed by atoms with E-state index in [0.29, 0.717) is 10.3 Å². The van der Waals surface area contributed by atoms with Crippen LogP contribution in [0.3, 0.4) is 0 Å². The minimum atomic E-state index is -1.41. The van der Waals surface area contributed by atoms with Gasteiger partial charge in [0, 0.05) is 5.57 Å². The van der Waals surface area contributed by atoms with Gasteiger partial charge in [0.05, 0.1) is 9.79 Å². The van der Waals surface area contributed by atoms with Crippen molar-refractivity contribution < 1.29 is 4.39 Å². The number of rotatable bonds is 1. The number of hydrogen-bond acceptors (Lipinski definition) is 0. The van der Waals surface area contributed by atoms with E-state index in [-0.39, 0.29) is 5.03 Å². The number of halogens is 3. The average Bonchev–Trinajstić information content (AvgIpc) is 2.15. The first-order chi connectivity index (χ1) is 5.61. The molecule has 0 aliphatic heterocycles. The Morgan fingerprint density at radius 2 is 2.33 bits per heavy atom. The molecule has 12 heavy (non-hydrogen) atoms. The molecule has 1 rings (SSSR count). The summed E-state index contributed by atoms with van der Waals surface area (Å²) in [5, 5.41) is 0.0441. The maximum Gasteiger partial charge on any atom is 0.196 e. The van der Waals surface area contributed by atoms with Gasteiger partial charge in [-0.1, -0.05) is 35.0 Å². The van der Waals surface area contributed by atoms with Gasteiger partial charge >= 0.3 is 0 Å². The van der Waals surface area contributed by atoms with Crippen molar-refractivity contribution in [1.29, 1.82) is 0 Å². The molecule has 1 atom stereocenters. The Morgan fingerprint density at radius 3 is 2.92 bits per heavy atom. The van der Waals surface area contributed by atoms with Crippen molar-refractivity contribution in [2.75, 3.05) is 0 Å². The fraction of sp³-hybridized carbons (Fsp3) is 0.125. The normalized spacial score (nSPS) is 21.4. The maximum atomic E-state index is 12.8. The predicted molar refractivity (Wildman–Crippen MR) is 53.9 cm³/mol. The van der Waals surface area contributed by atoms with Crippen LogP contribution in [0.15, 0.2) is 22.8 Å². The third kappa shape index (κ3) is 2.35. The highest BCUT2D eigenvalue weighted by Gasteiger charge is 2.10. The van der Waals surface area contributed by atoms with Crippen molar-refractivity contribution >= 4 is 36.8 Å². The zero-order chi connectivity index (χ0) is 9.14. The molecule has 0 spiro atoms. The van der Waals surface area contributed by atoms with Crippen molar-refractivity contribution in [2.45, 2.75) is 6.17 Å². The molecule has 4 heteroatoms. The molecule has 0 bridgehead atoms. The SMILES string of the molecule is FC1C#CC=C(C(=P)Cl)C=C1Cl. The van der Waals surface area contributed by atoms with Crippen LogP contribution in [0.5, 0.6) is 0 Å². The Balaban J connectivity index is 3.03. The first kappa shape index (κ1) is 9.81. The van der Waals surface area contributed by atoms with Gasteiger partial charge in [0.2, 0.25) is 0 Å². The lowest BCUT2D eigenvalue weighted by Gasteiger charge is -1.97.